The molecule has 1 N–H and O–H groups in total. The van der Waals surface area contributed by atoms with E-state index in [9.17, 15) is 12.8 Å². The first-order chi connectivity index (χ1) is 9.48. The molecule has 0 spiro atoms. The summed E-state index contributed by atoms with van der Waals surface area (Å²) in [5, 5.41) is 8.92. The Kier molecular flexibility index (Phi) is 4.43. The first-order valence-corrected chi connectivity index (χ1v) is 7.76. The zero-order chi connectivity index (χ0) is 14.8. The van der Waals surface area contributed by atoms with E-state index in [1.54, 1.807) is 0 Å². The third kappa shape index (κ3) is 3.18. The van der Waals surface area contributed by atoms with Crippen LogP contribution in [0.5, 0.6) is 0 Å². The van der Waals surface area contributed by atoms with Crippen molar-refractivity contribution in [1.29, 1.82) is 0 Å². The van der Waals surface area contributed by atoms with Crippen LogP contribution < -0.4 is 0 Å². The molecule has 1 aromatic carbocycles. The standard InChI is InChI=1S/C14H16FNO3S/c1-2-7-16(9-11-3-4-11)20(18,19)14-6-5-12(10-17)8-13(14)15/h1,5-6,8,11,17H,3-4,7,9-10H2. The van der Waals surface area contributed by atoms with Gasteiger partial charge in [-0.3, -0.25) is 0 Å². The van der Waals surface area contributed by atoms with Crippen LogP contribution in [0, 0.1) is 24.1 Å². The molecule has 1 aliphatic carbocycles. The van der Waals surface area contributed by atoms with Crippen LogP contribution in [0.2, 0.25) is 0 Å². The van der Waals surface area contributed by atoms with Gasteiger partial charge in [0, 0.05) is 6.54 Å². The molecule has 1 aliphatic rings. The fourth-order valence-corrected chi connectivity index (χ4v) is 3.40. The molecule has 1 fully saturated rings. The highest BCUT2D eigenvalue weighted by molar-refractivity contribution is 7.89. The van der Waals surface area contributed by atoms with Crippen molar-refractivity contribution < 1.29 is 17.9 Å². The molecule has 0 amide bonds. The summed E-state index contributed by atoms with van der Waals surface area (Å²) in [6.07, 6.45) is 7.15. The molecule has 0 heterocycles. The lowest BCUT2D eigenvalue weighted by atomic mass is 10.2. The minimum Gasteiger partial charge on any atom is -0.392 e. The Bertz CT molecular complexity index is 632. The smallest absolute Gasteiger partial charge is 0.246 e. The van der Waals surface area contributed by atoms with E-state index < -0.39 is 20.7 Å². The van der Waals surface area contributed by atoms with Crippen LogP contribution in [0.1, 0.15) is 18.4 Å². The van der Waals surface area contributed by atoms with Crippen molar-refractivity contribution >= 4 is 10.0 Å². The van der Waals surface area contributed by atoms with Gasteiger partial charge < -0.3 is 5.11 Å². The number of nitrogens with zero attached hydrogens (tertiary/aromatic N) is 1. The summed E-state index contributed by atoms with van der Waals surface area (Å²) >= 11 is 0. The highest BCUT2D eigenvalue weighted by Crippen LogP contribution is 2.32. The molecule has 1 saturated carbocycles. The van der Waals surface area contributed by atoms with Gasteiger partial charge in [-0.25, -0.2) is 12.8 Å². The fourth-order valence-electron chi connectivity index (χ4n) is 1.93. The van der Waals surface area contributed by atoms with Gasteiger partial charge >= 0.3 is 0 Å². The van der Waals surface area contributed by atoms with Gasteiger partial charge in [-0.05, 0) is 36.5 Å². The molecule has 0 radical (unpaired) electrons. The van der Waals surface area contributed by atoms with Gasteiger partial charge in [0.15, 0.2) is 0 Å². The largest absolute Gasteiger partial charge is 0.392 e. The summed E-state index contributed by atoms with van der Waals surface area (Å²) in [6, 6.07) is 3.59. The molecular formula is C14H16FNO3S. The lowest BCUT2D eigenvalue weighted by Crippen LogP contribution is -2.34. The third-order valence-corrected chi connectivity index (χ3v) is 5.07. The van der Waals surface area contributed by atoms with Gasteiger partial charge in [0.25, 0.3) is 0 Å². The van der Waals surface area contributed by atoms with E-state index in [1.165, 1.54) is 12.1 Å². The van der Waals surface area contributed by atoms with E-state index in [2.05, 4.69) is 5.92 Å². The molecule has 4 nitrogen and oxygen atoms in total. The molecule has 2 rings (SSSR count). The number of hydrogen-bond donors (Lipinski definition) is 1. The molecule has 0 saturated heterocycles. The van der Waals surface area contributed by atoms with Crippen molar-refractivity contribution in [2.24, 2.45) is 5.92 Å². The van der Waals surface area contributed by atoms with Gasteiger partial charge in [-0.15, -0.1) is 6.42 Å². The average molecular weight is 297 g/mol. The van der Waals surface area contributed by atoms with E-state index in [1.807, 2.05) is 0 Å². The molecule has 0 atom stereocenters. The number of aliphatic hydroxyl groups excluding tert-OH is 1. The maximum absolute atomic E-state index is 13.9. The lowest BCUT2D eigenvalue weighted by Gasteiger charge is -2.20. The fraction of sp³-hybridized carbons (Fsp3) is 0.429. The molecule has 0 bridgehead atoms. The second-order valence-electron chi connectivity index (χ2n) is 4.87. The van der Waals surface area contributed by atoms with Gasteiger partial charge in [-0.1, -0.05) is 12.0 Å². The van der Waals surface area contributed by atoms with Crippen LogP contribution in [-0.2, 0) is 16.6 Å². The lowest BCUT2D eigenvalue weighted by molar-refractivity contribution is 0.281. The Morgan fingerprint density at radius 3 is 2.65 bits per heavy atom. The van der Waals surface area contributed by atoms with E-state index in [4.69, 9.17) is 11.5 Å². The maximum Gasteiger partial charge on any atom is 0.246 e. The Labute approximate surface area is 118 Å². The quantitative estimate of drug-likeness (QED) is 0.806. The summed E-state index contributed by atoms with van der Waals surface area (Å²) in [5.41, 5.74) is 0.326. The number of halogens is 1. The summed E-state index contributed by atoms with van der Waals surface area (Å²) in [4.78, 5) is -0.398. The SMILES string of the molecule is C#CCN(CC1CC1)S(=O)(=O)c1ccc(CO)cc1F. The molecule has 1 aromatic rings. The number of hydrogen-bond acceptors (Lipinski definition) is 3. The maximum atomic E-state index is 13.9. The van der Waals surface area contributed by atoms with Crippen LogP contribution in [0.25, 0.3) is 0 Å². The first kappa shape index (κ1) is 15.0. The van der Waals surface area contributed by atoms with E-state index in [0.29, 0.717) is 18.0 Å². The monoisotopic (exact) mass is 297 g/mol. The Hall–Kier alpha value is -1.42. The van der Waals surface area contributed by atoms with Crippen molar-refractivity contribution in [2.45, 2.75) is 24.3 Å². The molecular weight excluding hydrogens is 281 g/mol. The molecule has 0 aliphatic heterocycles. The Morgan fingerprint density at radius 1 is 1.45 bits per heavy atom. The van der Waals surface area contributed by atoms with Crippen molar-refractivity contribution in [2.75, 3.05) is 13.1 Å². The molecule has 0 unspecified atom stereocenters. The van der Waals surface area contributed by atoms with E-state index >= 15 is 0 Å². The predicted molar refractivity (Wildman–Crippen MR) is 72.6 cm³/mol. The number of sulfonamides is 1. The number of rotatable bonds is 6. The van der Waals surface area contributed by atoms with Crippen molar-refractivity contribution in [3.63, 3.8) is 0 Å². The second-order valence-corrected chi connectivity index (χ2v) is 6.77. The summed E-state index contributed by atoms with van der Waals surface area (Å²) < 4.78 is 39.9. The minimum atomic E-state index is -3.94. The summed E-state index contributed by atoms with van der Waals surface area (Å²) in [5.74, 6) is 1.75. The Balaban J connectivity index is 2.33. The molecule has 20 heavy (non-hydrogen) atoms. The average Bonchev–Trinajstić information content (AvgIpc) is 3.21. The van der Waals surface area contributed by atoms with E-state index in [0.717, 1.165) is 23.2 Å². The van der Waals surface area contributed by atoms with Crippen LogP contribution in [-0.4, -0.2) is 30.9 Å². The number of terminal acetylenes is 1. The van der Waals surface area contributed by atoms with Gasteiger partial charge in [0.05, 0.1) is 13.2 Å². The Morgan fingerprint density at radius 2 is 2.15 bits per heavy atom. The van der Waals surface area contributed by atoms with Crippen LogP contribution in [0.15, 0.2) is 23.1 Å². The minimum absolute atomic E-state index is 0.0694. The van der Waals surface area contributed by atoms with E-state index in [-0.39, 0.29) is 13.2 Å². The second kappa shape index (κ2) is 5.92. The summed E-state index contributed by atoms with van der Waals surface area (Å²) in [6.45, 7) is -0.0822. The molecule has 0 aromatic heterocycles. The summed E-state index contributed by atoms with van der Waals surface area (Å²) in [7, 11) is -3.94. The highest BCUT2D eigenvalue weighted by atomic mass is 32.2. The van der Waals surface area contributed by atoms with Crippen LogP contribution in [0.4, 0.5) is 4.39 Å². The van der Waals surface area contributed by atoms with Gasteiger partial charge in [-0.2, -0.15) is 4.31 Å². The molecule has 108 valence electrons. The predicted octanol–water partition coefficient (Wildman–Crippen LogP) is 1.35. The third-order valence-electron chi connectivity index (χ3n) is 3.22. The highest BCUT2D eigenvalue weighted by Gasteiger charge is 2.32. The number of benzene rings is 1. The number of aliphatic hydroxyl groups is 1. The van der Waals surface area contributed by atoms with Gasteiger partial charge in [0.1, 0.15) is 10.7 Å². The molecule has 6 heteroatoms. The van der Waals surface area contributed by atoms with Crippen molar-refractivity contribution in [1.82, 2.24) is 4.31 Å². The van der Waals surface area contributed by atoms with Crippen LogP contribution in [0.3, 0.4) is 0 Å². The van der Waals surface area contributed by atoms with Crippen molar-refractivity contribution in [3.05, 3.63) is 29.6 Å². The van der Waals surface area contributed by atoms with Crippen molar-refractivity contribution in [3.8, 4) is 12.3 Å². The first-order valence-electron chi connectivity index (χ1n) is 6.32. The van der Waals surface area contributed by atoms with Gasteiger partial charge in [0.2, 0.25) is 10.0 Å². The zero-order valence-electron chi connectivity index (χ0n) is 10.9. The topological polar surface area (TPSA) is 57.6 Å². The van der Waals surface area contributed by atoms with Crippen LogP contribution >= 0.6 is 0 Å². The zero-order valence-corrected chi connectivity index (χ0v) is 11.7. The normalized spacial score (nSPS) is 15.3.